The van der Waals surface area contributed by atoms with Crippen molar-refractivity contribution in [3.05, 3.63) is 70.8 Å². The molecule has 6 nitrogen and oxygen atoms in total. The smallest absolute Gasteiger partial charge is 0.252 e. The Morgan fingerprint density at radius 3 is 2.57 bits per heavy atom. The number of hydrogen-bond donors (Lipinski definition) is 3. The minimum Gasteiger partial charge on any atom is -0.399 e. The van der Waals surface area contributed by atoms with Crippen LogP contribution >= 0.6 is 0 Å². The van der Waals surface area contributed by atoms with Crippen LogP contribution in [-0.4, -0.2) is 21.5 Å². The second-order valence-corrected chi connectivity index (χ2v) is 5.13. The number of aromatic nitrogens is 3. The van der Waals surface area contributed by atoms with E-state index in [0.29, 0.717) is 18.2 Å². The minimum atomic E-state index is -0.193. The molecular weight excluding hydrogens is 290 g/mol. The Kier molecular flexibility index (Phi) is 4.33. The summed E-state index contributed by atoms with van der Waals surface area (Å²) in [5.41, 5.74) is 8.86. The third-order valence-corrected chi connectivity index (χ3v) is 3.40. The van der Waals surface area contributed by atoms with Crippen LogP contribution in [-0.2, 0) is 6.42 Å². The van der Waals surface area contributed by atoms with Crippen molar-refractivity contribution < 1.29 is 0 Å². The molecule has 23 heavy (non-hydrogen) atoms. The molecule has 0 bridgehead atoms. The van der Waals surface area contributed by atoms with Gasteiger partial charge in [-0.3, -0.25) is 14.8 Å². The predicted octanol–water partition coefficient (Wildman–Crippen LogP) is 2.07. The Morgan fingerprint density at radius 2 is 1.83 bits per heavy atom. The normalized spacial score (nSPS) is 10.4. The van der Waals surface area contributed by atoms with Gasteiger partial charge >= 0.3 is 0 Å². The van der Waals surface area contributed by atoms with E-state index in [4.69, 9.17) is 5.73 Å². The van der Waals surface area contributed by atoms with E-state index in [-0.39, 0.29) is 5.56 Å². The Hall–Kier alpha value is -3.15. The molecule has 116 valence electrons. The van der Waals surface area contributed by atoms with Crippen molar-refractivity contribution in [2.45, 2.75) is 6.42 Å². The number of rotatable bonds is 5. The van der Waals surface area contributed by atoms with Crippen LogP contribution in [0, 0.1) is 0 Å². The molecular formula is C17H17N5O. The Morgan fingerprint density at radius 1 is 1.09 bits per heavy atom. The number of hydrogen-bond acceptors (Lipinski definition) is 5. The van der Waals surface area contributed by atoms with E-state index in [1.807, 2.05) is 36.4 Å². The highest BCUT2D eigenvalue weighted by atomic mass is 16.1. The van der Waals surface area contributed by atoms with Crippen molar-refractivity contribution in [2.75, 3.05) is 17.6 Å². The summed E-state index contributed by atoms with van der Waals surface area (Å²) >= 11 is 0. The second kappa shape index (κ2) is 6.74. The average molecular weight is 307 g/mol. The molecule has 0 radical (unpaired) electrons. The molecule has 2 aromatic heterocycles. The molecule has 0 aliphatic heterocycles. The summed E-state index contributed by atoms with van der Waals surface area (Å²) in [4.78, 5) is 22.9. The molecule has 0 atom stereocenters. The van der Waals surface area contributed by atoms with Crippen LogP contribution < -0.4 is 16.6 Å². The van der Waals surface area contributed by atoms with Gasteiger partial charge < -0.3 is 11.1 Å². The first-order valence-electron chi connectivity index (χ1n) is 7.31. The molecule has 0 saturated carbocycles. The van der Waals surface area contributed by atoms with Gasteiger partial charge in [-0.15, -0.1) is 0 Å². The molecule has 0 unspecified atom stereocenters. The summed E-state index contributed by atoms with van der Waals surface area (Å²) in [6.45, 7) is 0.659. The fourth-order valence-electron chi connectivity index (χ4n) is 2.22. The van der Waals surface area contributed by atoms with Crippen molar-refractivity contribution in [3.63, 3.8) is 0 Å². The lowest BCUT2D eigenvalue weighted by Crippen LogP contribution is -2.14. The molecule has 3 aromatic rings. The quantitative estimate of drug-likeness (QED) is 0.627. The third-order valence-electron chi connectivity index (χ3n) is 3.40. The van der Waals surface area contributed by atoms with Gasteiger partial charge in [-0.25, -0.2) is 4.98 Å². The Bertz CT molecular complexity index is 828. The van der Waals surface area contributed by atoms with Gasteiger partial charge in [-0.1, -0.05) is 12.1 Å². The summed E-state index contributed by atoms with van der Waals surface area (Å²) in [5.74, 6) is 0.458. The number of H-pyrrole nitrogens is 1. The number of nitrogens with zero attached hydrogens (tertiary/aromatic N) is 2. The average Bonchev–Trinajstić information content (AvgIpc) is 2.57. The molecule has 0 aliphatic carbocycles. The number of anilines is 2. The molecule has 2 heterocycles. The zero-order valence-electron chi connectivity index (χ0n) is 12.5. The molecule has 0 saturated heterocycles. The number of aromatic amines is 1. The lowest BCUT2D eigenvalue weighted by Gasteiger charge is -2.07. The monoisotopic (exact) mass is 307 g/mol. The molecule has 0 aliphatic rings. The minimum absolute atomic E-state index is 0.193. The summed E-state index contributed by atoms with van der Waals surface area (Å²) in [7, 11) is 0. The van der Waals surface area contributed by atoms with E-state index in [9.17, 15) is 4.79 Å². The second-order valence-electron chi connectivity index (χ2n) is 5.13. The highest BCUT2D eigenvalue weighted by molar-refractivity contribution is 5.59. The first-order chi connectivity index (χ1) is 11.2. The molecule has 6 heteroatoms. The van der Waals surface area contributed by atoms with Crippen LogP contribution in [0.2, 0.25) is 0 Å². The van der Waals surface area contributed by atoms with Crippen molar-refractivity contribution in [1.29, 1.82) is 0 Å². The van der Waals surface area contributed by atoms with Crippen LogP contribution in [0.4, 0.5) is 11.6 Å². The fraction of sp³-hybridized carbons (Fsp3) is 0.118. The van der Waals surface area contributed by atoms with Gasteiger partial charge in [0.05, 0.1) is 5.69 Å². The van der Waals surface area contributed by atoms with Gasteiger partial charge in [0, 0.05) is 36.3 Å². The van der Waals surface area contributed by atoms with Crippen LogP contribution in [0.3, 0.4) is 0 Å². The van der Waals surface area contributed by atoms with Gasteiger partial charge in [-0.2, -0.15) is 0 Å². The van der Waals surface area contributed by atoms with E-state index >= 15 is 0 Å². The van der Waals surface area contributed by atoms with Crippen LogP contribution in [0.5, 0.6) is 0 Å². The van der Waals surface area contributed by atoms with Crippen molar-refractivity contribution in [3.8, 4) is 11.3 Å². The number of nitrogen functional groups attached to an aromatic ring is 1. The largest absolute Gasteiger partial charge is 0.399 e. The topological polar surface area (TPSA) is 96.7 Å². The maximum atomic E-state index is 11.8. The van der Waals surface area contributed by atoms with Gasteiger partial charge in [0.2, 0.25) is 5.95 Å². The van der Waals surface area contributed by atoms with E-state index in [1.54, 1.807) is 12.4 Å². The zero-order valence-corrected chi connectivity index (χ0v) is 12.5. The molecule has 4 N–H and O–H groups in total. The van der Waals surface area contributed by atoms with Crippen molar-refractivity contribution >= 4 is 11.6 Å². The van der Waals surface area contributed by atoms with Gasteiger partial charge in [-0.05, 0) is 36.2 Å². The number of pyridine rings is 1. The van der Waals surface area contributed by atoms with Gasteiger partial charge in [0.1, 0.15) is 0 Å². The Labute approximate surface area is 133 Å². The maximum Gasteiger partial charge on any atom is 0.252 e. The molecule has 1 aromatic carbocycles. The van der Waals surface area contributed by atoms with Gasteiger partial charge in [0.25, 0.3) is 5.56 Å². The fourth-order valence-corrected chi connectivity index (χ4v) is 2.22. The summed E-state index contributed by atoms with van der Waals surface area (Å²) in [6.07, 6.45) is 4.16. The van der Waals surface area contributed by atoms with E-state index in [0.717, 1.165) is 17.7 Å². The van der Waals surface area contributed by atoms with Crippen molar-refractivity contribution in [1.82, 2.24) is 15.0 Å². The molecule has 3 rings (SSSR count). The summed E-state index contributed by atoms with van der Waals surface area (Å²) in [6, 6.07) is 12.8. The first kappa shape index (κ1) is 14.8. The third kappa shape index (κ3) is 3.94. The van der Waals surface area contributed by atoms with Crippen LogP contribution in [0.25, 0.3) is 11.3 Å². The molecule has 0 spiro atoms. The number of benzene rings is 1. The highest BCUT2D eigenvalue weighted by Crippen LogP contribution is 2.14. The van der Waals surface area contributed by atoms with Gasteiger partial charge in [0.15, 0.2) is 0 Å². The summed E-state index contributed by atoms with van der Waals surface area (Å²) in [5, 5.41) is 3.15. The van der Waals surface area contributed by atoms with Crippen LogP contribution in [0.1, 0.15) is 5.56 Å². The Balaban J connectivity index is 1.69. The van der Waals surface area contributed by atoms with E-state index < -0.39 is 0 Å². The molecule has 0 fully saturated rings. The summed E-state index contributed by atoms with van der Waals surface area (Å²) < 4.78 is 0. The predicted molar refractivity (Wildman–Crippen MR) is 91.1 cm³/mol. The van der Waals surface area contributed by atoms with Crippen molar-refractivity contribution in [2.24, 2.45) is 0 Å². The zero-order chi connectivity index (χ0) is 16.1. The van der Waals surface area contributed by atoms with Crippen LogP contribution in [0.15, 0.2) is 59.7 Å². The van der Waals surface area contributed by atoms with E-state index in [1.165, 1.54) is 11.6 Å². The lowest BCUT2D eigenvalue weighted by atomic mass is 10.1. The van der Waals surface area contributed by atoms with E-state index in [2.05, 4.69) is 20.3 Å². The first-order valence-corrected chi connectivity index (χ1v) is 7.31. The standard InChI is InChI=1S/C17H17N5O/c18-14-3-1-12(2-4-14)5-10-20-17-21-15(11-16(23)22-17)13-6-8-19-9-7-13/h1-4,6-9,11H,5,10,18H2,(H2,20,21,22,23). The number of nitrogens with two attached hydrogens (primary N) is 1. The SMILES string of the molecule is Nc1ccc(CCNc2nc(-c3ccncc3)cc(=O)[nH]2)cc1. The number of nitrogens with one attached hydrogen (secondary N) is 2. The lowest BCUT2D eigenvalue weighted by molar-refractivity contribution is 0.978. The highest BCUT2D eigenvalue weighted by Gasteiger charge is 2.03. The molecule has 0 amide bonds. The maximum absolute atomic E-state index is 11.8.